The van der Waals surface area contributed by atoms with Gasteiger partial charge in [-0.2, -0.15) is 0 Å². The molecule has 1 saturated heterocycles. The average Bonchev–Trinajstić information content (AvgIpc) is 3.19. The molecule has 0 bridgehead atoms. The summed E-state index contributed by atoms with van der Waals surface area (Å²) in [5, 5.41) is 3.47. The summed E-state index contributed by atoms with van der Waals surface area (Å²) in [7, 11) is 0. The van der Waals surface area contributed by atoms with Crippen LogP contribution in [0.2, 0.25) is 10.0 Å². The fraction of sp³-hybridized carbons (Fsp3) is 0.439. The molecule has 0 radical (unpaired) electrons. The van der Waals surface area contributed by atoms with Gasteiger partial charge in [-0.3, -0.25) is 19.4 Å². The molecule has 3 aromatic carbocycles. The second-order valence-electron chi connectivity index (χ2n) is 13.6. The summed E-state index contributed by atoms with van der Waals surface area (Å²) in [5.41, 5.74) is 7.11. The molecular formula is C41H53Cl2N7O6. The lowest BCUT2D eigenvalue weighted by atomic mass is 10.1. The van der Waals surface area contributed by atoms with Crippen molar-refractivity contribution in [2.75, 3.05) is 57.3 Å². The number of hydrogen-bond donors (Lipinski definition) is 2. The molecule has 0 spiro atoms. The smallest absolute Gasteiger partial charge is 0.410 e. The first-order valence-corrected chi connectivity index (χ1v) is 19.9. The number of carbonyl (C=O) groups is 5. The number of rotatable bonds is 18. The maximum absolute atomic E-state index is 14.7. The van der Waals surface area contributed by atoms with Gasteiger partial charge < -0.3 is 30.5 Å². The predicted molar refractivity (Wildman–Crippen MR) is 219 cm³/mol. The topological polar surface area (TPSA) is 149 Å². The SMILES string of the molecule is CCCCCN(CCCCC)C(=O)N1CCN(C(=O)N(c2ccccc2)c2cc(Cl)cc(Cl)c2)C(C(=O)NCCN(CC(N)=O)C(=O)OCc2ccccc2)C1. The summed E-state index contributed by atoms with van der Waals surface area (Å²) in [4.78, 5) is 75.4. The number of para-hydroxylation sites is 1. The van der Waals surface area contributed by atoms with Crippen LogP contribution in [0.25, 0.3) is 0 Å². The van der Waals surface area contributed by atoms with Crippen LogP contribution in [0.5, 0.6) is 0 Å². The Balaban J connectivity index is 1.59. The summed E-state index contributed by atoms with van der Waals surface area (Å²) in [6.07, 6.45) is 4.94. The van der Waals surface area contributed by atoms with Crippen LogP contribution in [0.4, 0.5) is 25.8 Å². The molecule has 3 aromatic rings. The van der Waals surface area contributed by atoms with Crippen molar-refractivity contribution in [1.82, 2.24) is 24.9 Å². The Kier molecular flexibility index (Phi) is 17.6. The maximum Gasteiger partial charge on any atom is 0.410 e. The lowest BCUT2D eigenvalue weighted by Gasteiger charge is -2.43. The van der Waals surface area contributed by atoms with Crippen molar-refractivity contribution < 1.29 is 28.7 Å². The molecule has 56 heavy (non-hydrogen) atoms. The number of amides is 7. The Morgan fingerprint density at radius 3 is 1.96 bits per heavy atom. The number of carbonyl (C=O) groups excluding carboxylic acids is 5. The highest BCUT2D eigenvalue weighted by Gasteiger charge is 2.40. The van der Waals surface area contributed by atoms with Crippen molar-refractivity contribution in [3.05, 3.63) is 94.5 Å². The number of benzene rings is 3. The van der Waals surface area contributed by atoms with Crippen molar-refractivity contribution in [1.29, 1.82) is 0 Å². The summed E-state index contributed by atoms with van der Waals surface area (Å²) < 4.78 is 5.41. The van der Waals surface area contributed by atoms with Gasteiger partial charge in [0.05, 0.1) is 17.9 Å². The van der Waals surface area contributed by atoms with Gasteiger partial charge in [-0.25, -0.2) is 14.4 Å². The van der Waals surface area contributed by atoms with Crippen LogP contribution in [0.15, 0.2) is 78.9 Å². The number of halogens is 2. The molecule has 0 aliphatic carbocycles. The van der Waals surface area contributed by atoms with E-state index in [1.807, 2.05) is 29.2 Å². The molecule has 1 heterocycles. The molecule has 0 saturated carbocycles. The van der Waals surface area contributed by atoms with E-state index in [4.69, 9.17) is 33.7 Å². The standard InChI is InChI=1S/C41H53Cl2N7O6/c1-3-5-13-20-46(21-14-6-4-2)39(53)47-23-24-49(40(54)50(34-17-11-8-12-18-34)35-26-32(42)25-33(43)27-35)36(28-47)38(52)45-19-22-48(29-37(44)51)41(55)56-30-31-15-9-7-10-16-31/h7-12,15-18,25-27,36H,3-6,13-14,19-24,28-30H2,1-2H3,(H2,44,51)(H,45,52). The molecule has 1 aliphatic rings. The Hall–Kier alpha value is -5.01. The number of hydrogen-bond acceptors (Lipinski definition) is 6. The average molecular weight is 811 g/mol. The highest BCUT2D eigenvalue weighted by molar-refractivity contribution is 6.35. The predicted octanol–water partition coefficient (Wildman–Crippen LogP) is 7.28. The van der Waals surface area contributed by atoms with E-state index in [9.17, 15) is 24.0 Å². The maximum atomic E-state index is 14.7. The molecule has 1 aliphatic heterocycles. The molecular weight excluding hydrogens is 757 g/mol. The molecule has 3 N–H and O–H groups in total. The van der Waals surface area contributed by atoms with E-state index < -0.39 is 36.5 Å². The number of unbranched alkanes of at least 4 members (excludes halogenated alkanes) is 4. The van der Waals surface area contributed by atoms with Gasteiger partial charge in [-0.05, 0) is 48.7 Å². The molecule has 1 fully saturated rings. The van der Waals surface area contributed by atoms with Crippen molar-refractivity contribution in [2.45, 2.75) is 65.0 Å². The molecule has 13 nitrogen and oxygen atoms in total. The monoisotopic (exact) mass is 809 g/mol. The van der Waals surface area contributed by atoms with Crippen LogP contribution in [-0.4, -0.2) is 108 Å². The van der Waals surface area contributed by atoms with E-state index in [2.05, 4.69) is 19.2 Å². The normalized spacial score (nSPS) is 13.8. The second kappa shape index (κ2) is 22.5. The number of piperazine rings is 1. The van der Waals surface area contributed by atoms with Crippen molar-refractivity contribution in [3.63, 3.8) is 0 Å². The van der Waals surface area contributed by atoms with E-state index in [-0.39, 0.29) is 45.4 Å². The van der Waals surface area contributed by atoms with E-state index in [1.54, 1.807) is 59.5 Å². The third kappa shape index (κ3) is 13.0. The van der Waals surface area contributed by atoms with Crippen LogP contribution >= 0.6 is 23.2 Å². The van der Waals surface area contributed by atoms with E-state index in [0.717, 1.165) is 49.0 Å². The zero-order valence-electron chi connectivity index (χ0n) is 32.2. The van der Waals surface area contributed by atoms with E-state index >= 15 is 0 Å². The van der Waals surface area contributed by atoms with Crippen LogP contribution < -0.4 is 16.0 Å². The Morgan fingerprint density at radius 2 is 1.38 bits per heavy atom. The van der Waals surface area contributed by atoms with Gasteiger partial charge in [0.25, 0.3) is 0 Å². The highest BCUT2D eigenvalue weighted by atomic mass is 35.5. The van der Waals surface area contributed by atoms with E-state index in [1.165, 1.54) is 9.80 Å². The van der Waals surface area contributed by atoms with Gasteiger partial charge in [-0.15, -0.1) is 0 Å². The summed E-state index contributed by atoms with van der Waals surface area (Å²) in [5.74, 6) is -1.30. The van der Waals surface area contributed by atoms with Crippen LogP contribution in [-0.2, 0) is 20.9 Å². The molecule has 15 heteroatoms. The van der Waals surface area contributed by atoms with Crippen molar-refractivity contribution >= 4 is 64.5 Å². The number of primary amides is 1. The minimum atomic E-state index is -1.12. The number of urea groups is 2. The fourth-order valence-corrected chi connectivity index (χ4v) is 6.94. The highest BCUT2D eigenvalue weighted by Crippen LogP contribution is 2.33. The first-order chi connectivity index (χ1) is 27.0. The lowest BCUT2D eigenvalue weighted by Crippen LogP contribution is -2.64. The molecule has 302 valence electrons. The Bertz CT molecular complexity index is 1720. The van der Waals surface area contributed by atoms with Gasteiger partial charge in [0.2, 0.25) is 11.8 Å². The third-order valence-corrected chi connectivity index (χ3v) is 9.77. The third-order valence-electron chi connectivity index (χ3n) is 9.34. The first-order valence-electron chi connectivity index (χ1n) is 19.2. The van der Waals surface area contributed by atoms with Crippen molar-refractivity contribution in [3.8, 4) is 0 Å². The molecule has 1 atom stereocenters. The lowest BCUT2D eigenvalue weighted by molar-refractivity contribution is -0.127. The zero-order chi connectivity index (χ0) is 40.5. The van der Waals surface area contributed by atoms with Crippen molar-refractivity contribution in [2.24, 2.45) is 5.73 Å². The number of nitrogens with two attached hydrogens (primary N) is 1. The van der Waals surface area contributed by atoms with E-state index in [0.29, 0.717) is 34.5 Å². The molecule has 1 unspecified atom stereocenters. The fourth-order valence-electron chi connectivity index (χ4n) is 6.43. The minimum Gasteiger partial charge on any atom is -0.445 e. The number of anilines is 2. The Morgan fingerprint density at radius 1 is 0.768 bits per heavy atom. The largest absolute Gasteiger partial charge is 0.445 e. The second-order valence-corrected chi connectivity index (χ2v) is 14.5. The van der Waals surface area contributed by atoms with Gasteiger partial charge in [-0.1, -0.05) is 111 Å². The summed E-state index contributed by atoms with van der Waals surface area (Å²) in [6, 6.07) is 20.9. The number of nitrogens with zero attached hydrogens (tertiary/aromatic N) is 5. The number of ether oxygens (including phenoxy) is 1. The minimum absolute atomic E-state index is 0.0199. The van der Waals surface area contributed by atoms with Gasteiger partial charge in [0, 0.05) is 49.3 Å². The van der Waals surface area contributed by atoms with Gasteiger partial charge >= 0.3 is 18.2 Å². The first kappa shape index (κ1) is 43.7. The Labute approximate surface area is 339 Å². The van der Waals surface area contributed by atoms with Crippen LogP contribution in [0.3, 0.4) is 0 Å². The molecule has 0 aromatic heterocycles. The zero-order valence-corrected chi connectivity index (χ0v) is 33.7. The molecule has 4 rings (SSSR count). The summed E-state index contributed by atoms with van der Waals surface area (Å²) >= 11 is 12.8. The quantitative estimate of drug-likeness (QED) is 0.129. The molecule has 7 amide bonds. The number of nitrogens with one attached hydrogen (secondary N) is 1. The van der Waals surface area contributed by atoms with Crippen LogP contribution in [0, 0.1) is 0 Å². The summed E-state index contributed by atoms with van der Waals surface area (Å²) in [6.45, 7) is 4.95. The van der Waals surface area contributed by atoms with Gasteiger partial charge in [0.15, 0.2) is 0 Å². The van der Waals surface area contributed by atoms with Crippen LogP contribution in [0.1, 0.15) is 57.9 Å². The van der Waals surface area contributed by atoms with Gasteiger partial charge in [0.1, 0.15) is 19.2 Å².